The first kappa shape index (κ1) is 15.8. The number of nitrogens with zero attached hydrogens (tertiary/aromatic N) is 1. The minimum absolute atomic E-state index is 0.112. The van der Waals surface area contributed by atoms with Crippen LogP contribution in [0.4, 0.5) is 15.8 Å². The first-order valence-corrected chi connectivity index (χ1v) is 7.35. The van der Waals surface area contributed by atoms with E-state index in [-0.39, 0.29) is 18.3 Å². The molecule has 110 valence electrons. The van der Waals surface area contributed by atoms with E-state index in [0.717, 1.165) is 10.2 Å². The summed E-state index contributed by atoms with van der Waals surface area (Å²) < 4.78 is 13.7. The fourth-order valence-electron chi connectivity index (χ4n) is 1.76. The van der Waals surface area contributed by atoms with Gasteiger partial charge in [-0.1, -0.05) is 27.5 Å². The molecule has 3 nitrogen and oxygen atoms in total. The molecule has 0 saturated heterocycles. The molecule has 2 rings (SSSR count). The van der Waals surface area contributed by atoms with Crippen LogP contribution >= 0.6 is 27.5 Å². The molecular formula is C15H13BrClFN2O. The van der Waals surface area contributed by atoms with E-state index in [2.05, 4.69) is 21.2 Å². The second-order valence-electron chi connectivity index (χ2n) is 4.44. The van der Waals surface area contributed by atoms with E-state index in [1.807, 2.05) is 6.07 Å². The fraction of sp³-hybridized carbons (Fsp3) is 0.133. The molecule has 0 aliphatic rings. The van der Waals surface area contributed by atoms with Gasteiger partial charge in [-0.3, -0.25) is 4.79 Å². The Morgan fingerprint density at radius 2 is 1.95 bits per heavy atom. The summed E-state index contributed by atoms with van der Waals surface area (Å²) in [6, 6.07) is 11.1. The summed E-state index contributed by atoms with van der Waals surface area (Å²) >= 11 is 9.27. The van der Waals surface area contributed by atoms with Crippen molar-refractivity contribution in [2.24, 2.45) is 0 Å². The lowest BCUT2D eigenvalue weighted by atomic mass is 10.3. The van der Waals surface area contributed by atoms with Crippen LogP contribution in [0.2, 0.25) is 5.02 Å². The minimum atomic E-state index is -0.332. The maximum atomic E-state index is 12.9. The van der Waals surface area contributed by atoms with Crippen LogP contribution in [0, 0.1) is 5.82 Å². The molecule has 2 aromatic rings. The number of nitrogens with one attached hydrogen (secondary N) is 1. The molecular weight excluding hydrogens is 359 g/mol. The van der Waals surface area contributed by atoms with Gasteiger partial charge >= 0.3 is 0 Å². The Hall–Kier alpha value is -1.59. The summed E-state index contributed by atoms with van der Waals surface area (Å²) in [5, 5.41) is 3.58. The van der Waals surface area contributed by atoms with Crippen LogP contribution in [0.3, 0.4) is 0 Å². The second-order valence-corrected chi connectivity index (χ2v) is 5.79. The normalized spacial score (nSPS) is 10.3. The molecule has 0 fully saturated rings. The van der Waals surface area contributed by atoms with Crippen LogP contribution in [0.5, 0.6) is 0 Å². The van der Waals surface area contributed by atoms with Crippen molar-refractivity contribution in [3.8, 4) is 0 Å². The molecule has 0 saturated carbocycles. The zero-order chi connectivity index (χ0) is 15.4. The number of anilines is 2. The van der Waals surface area contributed by atoms with Crippen molar-refractivity contribution >= 4 is 44.8 Å². The third-order valence-electron chi connectivity index (χ3n) is 2.89. The minimum Gasteiger partial charge on any atom is -0.376 e. The molecule has 1 amide bonds. The van der Waals surface area contributed by atoms with Gasteiger partial charge in [0.2, 0.25) is 5.91 Å². The van der Waals surface area contributed by atoms with Crippen molar-refractivity contribution in [1.29, 1.82) is 0 Å². The average Bonchev–Trinajstić information content (AvgIpc) is 2.44. The van der Waals surface area contributed by atoms with E-state index in [0.29, 0.717) is 10.7 Å². The highest BCUT2D eigenvalue weighted by molar-refractivity contribution is 9.10. The van der Waals surface area contributed by atoms with Crippen molar-refractivity contribution in [2.75, 3.05) is 23.8 Å². The van der Waals surface area contributed by atoms with Gasteiger partial charge in [-0.2, -0.15) is 0 Å². The van der Waals surface area contributed by atoms with E-state index in [1.165, 1.54) is 17.0 Å². The number of hydrogen-bond acceptors (Lipinski definition) is 2. The van der Waals surface area contributed by atoms with Gasteiger partial charge in [0.15, 0.2) is 0 Å². The number of halogens is 3. The van der Waals surface area contributed by atoms with Crippen molar-refractivity contribution in [3.05, 3.63) is 57.8 Å². The molecule has 0 bridgehead atoms. The molecule has 6 heteroatoms. The molecule has 0 aliphatic carbocycles. The van der Waals surface area contributed by atoms with Gasteiger partial charge in [0.25, 0.3) is 0 Å². The molecule has 0 radical (unpaired) electrons. The molecule has 2 aromatic carbocycles. The number of carbonyl (C=O) groups is 1. The largest absolute Gasteiger partial charge is 0.376 e. The smallest absolute Gasteiger partial charge is 0.246 e. The highest BCUT2D eigenvalue weighted by atomic mass is 79.9. The van der Waals surface area contributed by atoms with Crippen LogP contribution in [-0.4, -0.2) is 19.5 Å². The van der Waals surface area contributed by atoms with Gasteiger partial charge in [0, 0.05) is 27.9 Å². The SMILES string of the molecule is CN(C(=O)CNc1cc(Cl)cc(Br)c1)c1ccc(F)cc1. The van der Waals surface area contributed by atoms with Gasteiger partial charge in [-0.25, -0.2) is 4.39 Å². The van der Waals surface area contributed by atoms with Gasteiger partial charge in [-0.15, -0.1) is 0 Å². The Balaban J connectivity index is 1.99. The maximum Gasteiger partial charge on any atom is 0.246 e. The molecule has 0 aromatic heterocycles. The molecule has 0 unspecified atom stereocenters. The number of amides is 1. The summed E-state index contributed by atoms with van der Waals surface area (Å²) in [4.78, 5) is 13.6. The van der Waals surface area contributed by atoms with E-state index in [1.54, 1.807) is 31.3 Å². The van der Waals surface area contributed by atoms with E-state index in [4.69, 9.17) is 11.6 Å². The first-order valence-electron chi connectivity index (χ1n) is 6.18. The summed E-state index contributed by atoms with van der Waals surface area (Å²) in [5.74, 6) is -0.473. The zero-order valence-corrected chi connectivity index (χ0v) is 13.6. The van der Waals surface area contributed by atoms with Crippen LogP contribution < -0.4 is 10.2 Å². The fourth-order valence-corrected chi connectivity index (χ4v) is 2.62. The number of likely N-dealkylation sites (N-methyl/N-ethyl adjacent to an activating group) is 1. The number of benzene rings is 2. The van der Waals surface area contributed by atoms with Crippen LogP contribution in [-0.2, 0) is 4.79 Å². The number of carbonyl (C=O) groups excluding carboxylic acids is 1. The van der Waals surface area contributed by atoms with Crippen LogP contribution in [0.1, 0.15) is 0 Å². The lowest BCUT2D eigenvalue weighted by Gasteiger charge is -2.18. The van der Waals surface area contributed by atoms with Crippen LogP contribution in [0.15, 0.2) is 46.9 Å². The molecule has 0 aliphatic heterocycles. The average molecular weight is 372 g/mol. The second kappa shape index (κ2) is 6.91. The monoisotopic (exact) mass is 370 g/mol. The summed E-state index contributed by atoms with van der Waals surface area (Å²) in [6.07, 6.45) is 0. The van der Waals surface area contributed by atoms with E-state index >= 15 is 0 Å². The summed E-state index contributed by atoms with van der Waals surface area (Å²) in [7, 11) is 1.64. The molecule has 0 heterocycles. The standard InChI is InChI=1S/C15H13BrClFN2O/c1-20(14-4-2-12(18)3-5-14)15(21)9-19-13-7-10(16)6-11(17)8-13/h2-8,19H,9H2,1H3. The van der Waals surface area contributed by atoms with Gasteiger partial charge in [0.1, 0.15) is 5.82 Å². The lowest BCUT2D eigenvalue weighted by molar-refractivity contribution is -0.116. The summed E-state index contributed by atoms with van der Waals surface area (Å²) in [5.41, 5.74) is 1.38. The summed E-state index contributed by atoms with van der Waals surface area (Å²) in [6.45, 7) is 0.112. The lowest BCUT2D eigenvalue weighted by Crippen LogP contribution is -2.32. The van der Waals surface area contributed by atoms with Gasteiger partial charge in [-0.05, 0) is 42.5 Å². The third kappa shape index (κ3) is 4.44. The number of hydrogen-bond donors (Lipinski definition) is 1. The first-order chi connectivity index (χ1) is 9.95. The van der Waals surface area contributed by atoms with Crippen molar-refractivity contribution in [1.82, 2.24) is 0 Å². The highest BCUT2D eigenvalue weighted by Gasteiger charge is 2.11. The Morgan fingerprint density at radius 1 is 1.29 bits per heavy atom. The van der Waals surface area contributed by atoms with E-state index < -0.39 is 0 Å². The number of rotatable bonds is 4. The van der Waals surface area contributed by atoms with Gasteiger partial charge in [0.05, 0.1) is 6.54 Å². The van der Waals surface area contributed by atoms with Gasteiger partial charge < -0.3 is 10.2 Å². The maximum absolute atomic E-state index is 12.9. The van der Waals surface area contributed by atoms with Crippen LogP contribution in [0.25, 0.3) is 0 Å². The predicted octanol–water partition coefficient (Wildman–Crippen LogP) is 4.32. The highest BCUT2D eigenvalue weighted by Crippen LogP contribution is 2.22. The molecule has 0 spiro atoms. The zero-order valence-electron chi connectivity index (χ0n) is 11.2. The van der Waals surface area contributed by atoms with Crippen molar-refractivity contribution < 1.29 is 9.18 Å². The molecule has 0 atom stereocenters. The Labute approximate surface area is 135 Å². The topological polar surface area (TPSA) is 32.3 Å². The van der Waals surface area contributed by atoms with Crippen molar-refractivity contribution in [3.63, 3.8) is 0 Å². The molecule has 1 N–H and O–H groups in total. The van der Waals surface area contributed by atoms with E-state index in [9.17, 15) is 9.18 Å². The third-order valence-corrected chi connectivity index (χ3v) is 3.57. The predicted molar refractivity (Wildman–Crippen MR) is 87.5 cm³/mol. The Kier molecular flexibility index (Phi) is 5.20. The van der Waals surface area contributed by atoms with Crippen molar-refractivity contribution in [2.45, 2.75) is 0 Å². The molecule has 21 heavy (non-hydrogen) atoms. The Morgan fingerprint density at radius 3 is 2.57 bits per heavy atom. The Bertz CT molecular complexity index is 628. The quantitative estimate of drug-likeness (QED) is 0.868.